The highest BCUT2D eigenvalue weighted by Crippen LogP contribution is 2.49. The molecule has 2 aliphatic carbocycles. The van der Waals surface area contributed by atoms with Crippen LogP contribution < -0.4 is 16.4 Å². The predicted octanol–water partition coefficient (Wildman–Crippen LogP) is 18.2. The van der Waals surface area contributed by atoms with Crippen LogP contribution in [-0.2, 0) is 51.7 Å². The second kappa shape index (κ2) is 38.2. The zero-order valence-corrected chi connectivity index (χ0v) is 69.0. The van der Waals surface area contributed by atoms with Gasteiger partial charge < -0.3 is 39.4 Å². The van der Waals surface area contributed by atoms with Crippen molar-refractivity contribution >= 4 is 62.9 Å². The van der Waals surface area contributed by atoms with Crippen molar-refractivity contribution in [3.05, 3.63) is 398 Å². The first-order valence-corrected chi connectivity index (χ1v) is 41.2. The summed E-state index contributed by atoms with van der Waals surface area (Å²) in [5.74, 6) is -3.59. The number of hydrogen-bond acceptors (Lipinski definition) is 16. The predicted molar refractivity (Wildman–Crippen MR) is 478 cm³/mol. The number of hydrogen-bond donors (Lipinski definition) is 4. The van der Waals surface area contributed by atoms with Gasteiger partial charge in [0.15, 0.2) is 5.78 Å². The van der Waals surface area contributed by atoms with Gasteiger partial charge in [-0.2, -0.15) is 0 Å². The topological polar surface area (TPSA) is 300 Å². The molecule has 23 heteroatoms. The van der Waals surface area contributed by atoms with Crippen molar-refractivity contribution < 1.29 is 53.4 Å². The maximum Gasteiger partial charge on any atom is 0.342 e. The molecule has 8 aromatic carbocycles. The number of aryl methyl sites for hydroxylation is 4. The molecule has 1 saturated heterocycles. The number of para-hydroxylation sites is 1. The minimum Gasteiger partial charge on any atom is -0.506 e. The number of rotatable bonds is 19. The zero-order chi connectivity index (χ0) is 87.3. The van der Waals surface area contributed by atoms with E-state index < -0.39 is 35.1 Å². The molecule has 14 aromatic rings. The Hall–Kier alpha value is -15.3. The fourth-order valence-electron chi connectivity index (χ4n) is 16.2. The van der Waals surface area contributed by atoms with Crippen LogP contribution in [0.15, 0.2) is 330 Å². The van der Waals surface area contributed by atoms with Crippen LogP contribution in [0.1, 0.15) is 116 Å². The summed E-state index contributed by atoms with van der Waals surface area (Å²) < 4.78 is 17.9. The molecule has 5 aliphatic rings. The first-order chi connectivity index (χ1) is 60.7. The number of halogens is 1. The lowest BCUT2D eigenvalue weighted by atomic mass is 9.73. The van der Waals surface area contributed by atoms with E-state index in [1.807, 2.05) is 232 Å². The molecule has 125 heavy (non-hydrogen) atoms. The average molecular weight is 1670 g/mol. The van der Waals surface area contributed by atoms with E-state index in [0.29, 0.717) is 64.9 Å². The number of amides is 3. The van der Waals surface area contributed by atoms with Gasteiger partial charge in [0.25, 0.3) is 17.0 Å². The fourth-order valence-corrected chi connectivity index (χ4v) is 16.2. The SMILES string of the molecule is CC1ON=C(c2ccccc2)C1(C)Cc1cccnc1.Cc1cc2c(-c3ccccc3)c(C(=O)O)c(=O)n(Cc3cccnc3)c2cc1C.O=C(O)C1=CC(C2CC2)c2cc(-c3ccccc3)c(F)cc2C1=O.O=C1NC(CC2CC(c3ccccc3)=NO2)C(=O)N1Cc1cccnc1.O=c1c(-c2ccccc2)c(O)c2ccccc2n1CCc1cccnc1. The maximum absolute atomic E-state index is 14.6. The standard InChI is InChI=1S/C24H20N2O3.C22H18N2O2.C20H15FO3.C19H18N4O3.C17H18N2O/c1-15-11-19-20(12-16(15)2)26(14-17-7-6-10-25-13-17)23(27)22(24(28)29)21(19)18-8-4-3-5-9-18;25-21-18-10-4-5-11-19(18)24(14-12-16-7-6-13-23-15-16)22(26)20(21)17-8-2-1-3-9-17;21-18-10-16-15(9-14(18)11-4-2-1-3-5-11)13(12-6-7-12)8-17(19(16)22)20(23)24;24-18-17(21-19(25)23(18)12-13-5-4-8-20-11-13)10-15-9-16(22-26-15)14-6-2-1-3-7-14;1-13-17(2,11-14-7-6-10-18-12-14)16(19-20-13)15-8-4-3-5-9-15/h3-13H,14H2,1-2H3,(H,28,29);1-11,13,15,25H,12,14H2;1-5,8-10,12-13H,6-7H2,(H,23,24);1-8,11,15,17H,9-10,12H2,(H,21,25);3-10,12-13H,11H2,1-2H3. The largest absolute Gasteiger partial charge is 0.506 e. The minimum atomic E-state index is -1.25. The van der Waals surface area contributed by atoms with Gasteiger partial charge in [0.05, 0.1) is 46.5 Å². The molecule has 0 bridgehead atoms. The lowest BCUT2D eigenvalue weighted by Crippen LogP contribution is -2.36. The molecular formula is C102H89FN10O12. The number of aliphatic carboxylic acids is 1. The number of carboxylic acid groups (broad SMARTS) is 2. The number of carbonyl (C=O) groups excluding carboxylic acids is 3. The molecule has 0 radical (unpaired) electrons. The van der Waals surface area contributed by atoms with Gasteiger partial charge in [-0.25, -0.2) is 18.8 Å². The highest BCUT2D eigenvalue weighted by molar-refractivity contribution is 6.25. The Balaban J connectivity index is 0.000000121. The number of nitrogens with zero attached hydrogens (tertiary/aromatic N) is 9. The van der Waals surface area contributed by atoms with Gasteiger partial charge in [-0.1, -0.05) is 204 Å². The Bertz CT molecular complexity index is 6530. The van der Waals surface area contributed by atoms with Gasteiger partial charge in [0, 0.05) is 108 Å². The number of ketones is 1. The minimum absolute atomic E-state index is 0.0365. The van der Waals surface area contributed by atoms with Gasteiger partial charge >= 0.3 is 18.0 Å². The molecule has 0 spiro atoms. The molecule has 4 N–H and O–H groups in total. The van der Waals surface area contributed by atoms with E-state index in [1.165, 1.54) is 21.1 Å². The number of Topliss-reactive ketones (excluding diaryl/α,β-unsaturated/α-hetero) is 1. The van der Waals surface area contributed by atoms with Gasteiger partial charge in [0.1, 0.15) is 41.0 Å². The number of carboxylic acids is 2. The van der Waals surface area contributed by atoms with Crippen molar-refractivity contribution in [2.75, 3.05) is 0 Å². The Kier molecular flexibility index (Phi) is 25.9. The number of urea groups is 1. The Morgan fingerprint density at radius 1 is 0.536 bits per heavy atom. The molecule has 22 nitrogen and oxygen atoms in total. The van der Waals surface area contributed by atoms with E-state index in [1.54, 1.807) is 66.0 Å². The number of nitrogens with one attached hydrogen (secondary N) is 1. The number of imide groups is 1. The molecule has 1 saturated carbocycles. The van der Waals surface area contributed by atoms with Crippen LogP contribution in [0.4, 0.5) is 9.18 Å². The summed E-state index contributed by atoms with van der Waals surface area (Å²) in [5, 5.41) is 42.6. The lowest BCUT2D eigenvalue weighted by Gasteiger charge is -2.28. The summed E-state index contributed by atoms with van der Waals surface area (Å²) in [4.78, 5) is 116. The van der Waals surface area contributed by atoms with Crippen molar-refractivity contribution in [1.29, 1.82) is 0 Å². The number of aromatic nitrogens is 6. The highest BCUT2D eigenvalue weighted by Gasteiger charge is 2.45. The average Bonchev–Trinajstić information content (AvgIpc) is 1.36. The first-order valence-electron chi connectivity index (χ1n) is 41.2. The smallest absolute Gasteiger partial charge is 0.342 e. The van der Waals surface area contributed by atoms with E-state index in [4.69, 9.17) is 9.68 Å². The summed E-state index contributed by atoms with van der Waals surface area (Å²) in [7, 11) is 0. The van der Waals surface area contributed by atoms with E-state index >= 15 is 0 Å². The van der Waals surface area contributed by atoms with Crippen LogP contribution >= 0.6 is 0 Å². The monoisotopic (exact) mass is 1660 g/mol. The molecule has 19 rings (SSSR count). The third kappa shape index (κ3) is 19.1. The van der Waals surface area contributed by atoms with Crippen molar-refractivity contribution in [2.45, 2.75) is 110 Å². The van der Waals surface area contributed by atoms with Crippen LogP contribution in [0.25, 0.3) is 55.2 Å². The number of oxime groups is 2. The van der Waals surface area contributed by atoms with Crippen LogP contribution in [-0.4, -0.2) is 109 Å². The summed E-state index contributed by atoms with van der Waals surface area (Å²) in [6.07, 6.45) is 19.9. The van der Waals surface area contributed by atoms with Crippen molar-refractivity contribution in [2.24, 2.45) is 21.6 Å². The highest BCUT2D eigenvalue weighted by atomic mass is 19.1. The number of carbonyl (C=O) groups is 5. The number of benzene rings is 8. The molecule has 3 aliphatic heterocycles. The third-order valence-electron chi connectivity index (χ3n) is 23.1. The third-order valence-corrected chi connectivity index (χ3v) is 23.1. The molecule has 5 atom stereocenters. The molecule has 2 fully saturated rings. The summed E-state index contributed by atoms with van der Waals surface area (Å²) in [6, 6.07) is 76.3. The fraction of sp³-hybridized carbons (Fsp3) is 0.186. The van der Waals surface area contributed by atoms with Gasteiger partial charge in [-0.3, -0.25) is 44.0 Å². The molecule has 3 amide bonds. The van der Waals surface area contributed by atoms with Gasteiger partial charge in [-0.15, -0.1) is 0 Å². The first kappa shape index (κ1) is 84.7. The van der Waals surface area contributed by atoms with Crippen LogP contribution in [0.3, 0.4) is 0 Å². The Morgan fingerprint density at radius 2 is 1.07 bits per heavy atom. The van der Waals surface area contributed by atoms with E-state index in [-0.39, 0.29) is 76.6 Å². The van der Waals surface area contributed by atoms with Crippen LogP contribution in [0.2, 0.25) is 0 Å². The summed E-state index contributed by atoms with van der Waals surface area (Å²) in [6.45, 7) is 9.25. The number of aromatic carboxylic acids is 1. The summed E-state index contributed by atoms with van der Waals surface area (Å²) >= 11 is 0. The number of allylic oxidation sites excluding steroid dienone is 1. The van der Waals surface area contributed by atoms with Crippen molar-refractivity contribution in [3.63, 3.8) is 0 Å². The molecule has 5 unspecified atom stereocenters. The zero-order valence-electron chi connectivity index (χ0n) is 69.0. The quantitative estimate of drug-likeness (QED) is 0.0432. The molecule has 626 valence electrons. The lowest BCUT2D eigenvalue weighted by molar-refractivity contribution is -0.132. The van der Waals surface area contributed by atoms with Gasteiger partial charge in [-0.05, 0) is 181 Å². The molecular weight excluding hydrogens is 1580 g/mol. The van der Waals surface area contributed by atoms with Crippen LogP contribution in [0.5, 0.6) is 5.75 Å². The van der Waals surface area contributed by atoms with Crippen LogP contribution in [0, 0.1) is 31.0 Å². The number of aromatic hydroxyl groups is 1. The van der Waals surface area contributed by atoms with Crippen molar-refractivity contribution in [3.8, 4) is 39.1 Å². The number of fused-ring (bicyclic) bond motifs is 3. The molecule has 6 aromatic heterocycles. The normalized spacial score (nSPS) is 17.2. The second-order valence-corrected chi connectivity index (χ2v) is 31.5. The summed E-state index contributed by atoms with van der Waals surface area (Å²) in [5.41, 5.74) is 14.5. The Morgan fingerprint density at radius 3 is 1.65 bits per heavy atom. The van der Waals surface area contributed by atoms with E-state index in [2.05, 4.69) is 67.6 Å². The van der Waals surface area contributed by atoms with Crippen molar-refractivity contribution in [1.82, 2.24) is 39.3 Å². The second-order valence-electron chi connectivity index (χ2n) is 31.5. The molecule has 9 heterocycles. The number of pyridine rings is 6. The Labute approximate surface area is 720 Å². The van der Waals surface area contributed by atoms with Gasteiger partial charge in [0.2, 0.25) is 0 Å². The van der Waals surface area contributed by atoms with E-state index in [9.17, 15) is 53.3 Å². The maximum atomic E-state index is 14.6. The van der Waals surface area contributed by atoms with E-state index in [0.717, 1.165) is 97.2 Å².